The van der Waals surface area contributed by atoms with Gasteiger partial charge in [0.05, 0.1) is 26.4 Å². The third kappa shape index (κ3) is 70.3. The minimum absolute atomic E-state index is 0.103. The zero-order valence-corrected chi connectivity index (χ0v) is 64.1. The summed E-state index contributed by atoms with van der Waals surface area (Å²) in [7, 11) is -9.91. The van der Waals surface area contributed by atoms with E-state index in [1.54, 1.807) is 0 Å². The summed E-state index contributed by atoms with van der Waals surface area (Å²) < 4.78 is 68.5. The zero-order valence-electron chi connectivity index (χ0n) is 62.3. The Morgan fingerprint density at radius 3 is 0.653 bits per heavy atom. The van der Waals surface area contributed by atoms with E-state index in [0.29, 0.717) is 31.6 Å². The van der Waals surface area contributed by atoms with Crippen LogP contribution in [0.3, 0.4) is 0 Å². The number of aliphatic hydroxyl groups is 1. The van der Waals surface area contributed by atoms with Crippen LogP contribution >= 0.6 is 15.6 Å². The number of carbonyl (C=O) groups excluding carboxylic acids is 4. The first-order valence-corrected chi connectivity index (χ1v) is 42.2. The van der Waals surface area contributed by atoms with E-state index in [1.165, 1.54) is 186 Å². The fourth-order valence-electron chi connectivity index (χ4n) is 11.6. The van der Waals surface area contributed by atoms with Crippen molar-refractivity contribution in [2.75, 3.05) is 39.6 Å². The first kappa shape index (κ1) is 93.1. The zero-order chi connectivity index (χ0) is 70.3. The third-order valence-electron chi connectivity index (χ3n) is 17.6. The van der Waals surface area contributed by atoms with Gasteiger partial charge in [-0.1, -0.05) is 331 Å². The highest BCUT2D eigenvalue weighted by Crippen LogP contribution is 2.45. The predicted molar refractivity (Wildman–Crippen MR) is 386 cm³/mol. The molecule has 0 spiro atoms. The summed E-state index contributed by atoms with van der Waals surface area (Å²) in [5.74, 6) is 0.877. The molecular formula is C76H148O17P2. The molecule has 0 amide bonds. The summed E-state index contributed by atoms with van der Waals surface area (Å²) in [5.41, 5.74) is 0. The summed E-state index contributed by atoms with van der Waals surface area (Å²) in [6, 6.07) is 0. The Labute approximate surface area is 581 Å². The molecule has 3 N–H and O–H groups in total. The van der Waals surface area contributed by atoms with Crippen LogP contribution in [-0.2, 0) is 65.4 Å². The largest absolute Gasteiger partial charge is 0.472 e. The molecule has 0 saturated carbocycles. The predicted octanol–water partition coefficient (Wildman–Crippen LogP) is 22.0. The van der Waals surface area contributed by atoms with E-state index >= 15 is 0 Å². The van der Waals surface area contributed by atoms with Gasteiger partial charge in [-0.2, -0.15) is 0 Å². The van der Waals surface area contributed by atoms with E-state index in [9.17, 15) is 43.2 Å². The topological polar surface area (TPSA) is 237 Å². The van der Waals surface area contributed by atoms with Crippen molar-refractivity contribution in [3.8, 4) is 0 Å². The van der Waals surface area contributed by atoms with Crippen molar-refractivity contribution in [3.05, 3.63) is 0 Å². The number of ether oxygens (including phenoxy) is 4. The van der Waals surface area contributed by atoms with Gasteiger partial charge in [0, 0.05) is 25.7 Å². The van der Waals surface area contributed by atoms with Crippen LogP contribution in [0.15, 0.2) is 0 Å². The second-order valence-corrected chi connectivity index (χ2v) is 32.2. The van der Waals surface area contributed by atoms with Gasteiger partial charge < -0.3 is 33.8 Å². The molecule has 5 atom stereocenters. The summed E-state index contributed by atoms with van der Waals surface area (Å²) >= 11 is 0. The summed E-state index contributed by atoms with van der Waals surface area (Å²) in [6.45, 7) is 14.1. The average Bonchev–Trinajstić information content (AvgIpc) is 1.37. The van der Waals surface area contributed by atoms with Crippen molar-refractivity contribution >= 4 is 39.5 Å². The number of carbonyl (C=O) groups is 4. The second kappa shape index (κ2) is 65.4. The van der Waals surface area contributed by atoms with E-state index in [4.69, 9.17) is 37.0 Å². The molecule has 0 bridgehead atoms. The normalized spacial score (nSPS) is 14.1. The molecule has 0 aromatic rings. The quantitative estimate of drug-likeness (QED) is 0.0222. The van der Waals surface area contributed by atoms with Gasteiger partial charge in [-0.15, -0.1) is 0 Å². The van der Waals surface area contributed by atoms with Crippen LogP contribution in [0, 0.1) is 23.7 Å². The molecule has 0 saturated heterocycles. The van der Waals surface area contributed by atoms with Crippen LogP contribution in [0.1, 0.15) is 383 Å². The Morgan fingerprint density at radius 1 is 0.263 bits per heavy atom. The molecule has 0 rings (SSSR count). The van der Waals surface area contributed by atoms with Crippen molar-refractivity contribution < 1.29 is 80.2 Å². The van der Waals surface area contributed by atoms with Crippen molar-refractivity contribution in [1.82, 2.24) is 0 Å². The molecule has 0 radical (unpaired) electrons. The number of esters is 4. The van der Waals surface area contributed by atoms with Gasteiger partial charge >= 0.3 is 39.5 Å². The van der Waals surface area contributed by atoms with Crippen molar-refractivity contribution in [2.24, 2.45) is 23.7 Å². The molecule has 564 valence electrons. The lowest BCUT2D eigenvalue weighted by Crippen LogP contribution is -2.30. The highest BCUT2D eigenvalue weighted by atomic mass is 31.2. The molecule has 0 aliphatic heterocycles. The van der Waals surface area contributed by atoms with Gasteiger partial charge in [-0.25, -0.2) is 9.13 Å². The molecule has 95 heavy (non-hydrogen) atoms. The van der Waals surface area contributed by atoms with Crippen LogP contribution in [0.5, 0.6) is 0 Å². The highest BCUT2D eigenvalue weighted by molar-refractivity contribution is 7.47. The van der Waals surface area contributed by atoms with Gasteiger partial charge in [-0.3, -0.25) is 37.3 Å². The smallest absolute Gasteiger partial charge is 0.462 e. The molecule has 0 heterocycles. The first-order chi connectivity index (χ1) is 45.6. The van der Waals surface area contributed by atoms with E-state index in [0.717, 1.165) is 108 Å². The van der Waals surface area contributed by atoms with Crippen molar-refractivity contribution in [3.63, 3.8) is 0 Å². The Kier molecular flexibility index (Phi) is 64.0. The van der Waals surface area contributed by atoms with E-state index < -0.39 is 97.5 Å². The Morgan fingerprint density at radius 2 is 0.442 bits per heavy atom. The van der Waals surface area contributed by atoms with Gasteiger partial charge in [0.2, 0.25) is 0 Å². The van der Waals surface area contributed by atoms with Crippen LogP contribution in [-0.4, -0.2) is 96.7 Å². The Balaban J connectivity index is 5.20. The summed E-state index contributed by atoms with van der Waals surface area (Å²) in [4.78, 5) is 72.7. The van der Waals surface area contributed by atoms with Crippen molar-refractivity contribution in [2.45, 2.75) is 401 Å². The maximum absolute atomic E-state index is 13.1. The number of rotatable bonds is 73. The van der Waals surface area contributed by atoms with Crippen LogP contribution in [0.4, 0.5) is 0 Å². The van der Waals surface area contributed by atoms with Gasteiger partial charge in [-0.05, 0) is 49.4 Å². The Bertz CT molecular complexity index is 1870. The third-order valence-corrected chi connectivity index (χ3v) is 19.5. The van der Waals surface area contributed by atoms with E-state index in [2.05, 4.69) is 55.4 Å². The number of phosphoric acid groups is 2. The lowest BCUT2D eigenvalue weighted by atomic mass is 10.0. The fraction of sp³-hybridized carbons (Fsp3) is 0.947. The van der Waals surface area contributed by atoms with Gasteiger partial charge in [0.15, 0.2) is 12.2 Å². The SMILES string of the molecule is CC(C)CCCCCCCCCCCCCCCCCCCCC(=O)O[C@H](COC(=O)CCCCCCCCCCCCC(C)C)COP(=O)(O)OCC(O)COP(=O)(O)OC[C@@H](COC(=O)CCCCCCCCCCC(C)C)OC(=O)CCCCCCCCCC(C)C. The molecule has 0 aromatic heterocycles. The molecular weight excluding hydrogens is 1250 g/mol. The number of hydrogen-bond donors (Lipinski definition) is 3. The summed E-state index contributed by atoms with van der Waals surface area (Å²) in [5, 5.41) is 10.6. The maximum atomic E-state index is 13.1. The molecule has 19 heteroatoms. The van der Waals surface area contributed by atoms with Crippen LogP contribution < -0.4 is 0 Å². The first-order valence-electron chi connectivity index (χ1n) is 39.2. The maximum Gasteiger partial charge on any atom is 0.472 e. The summed E-state index contributed by atoms with van der Waals surface area (Å²) in [6.07, 6.45) is 50.2. The molecule has 0 fully saturated rings. The molecule has 0 aliphatic carbocycles. The average molecular weight is 1400 g/mol. The molecule has 0 aromatic carbocycles. The highest BCUT2D eigenvalue weighted by Gasteiger charge is 2.30. The number of phosphoric ester groups is 2. The lowest BCUT2D eigenvalue weighted by Gasteiger charge is -2.21. The number of unbranched alkanes of at least 4 members (excludes halogenated alkanes) is 39. The standard InChI is InChI=1S/C76H148O17P2/c1-66(2)52-44-36-28-21-17-15-13-11-9-10-12-14-16-18-24-34-42-50-58-75(80)92-71(62-86-73(78)56-48-40-32-23-20-19-22-29-37-45-53-67(3)4)64-90-94(82,83)88-60-70(77)61-89-95(84,85)91-65-72(93-76(81)59-51-43-35-27-31-39-47-55-69(7)8)63-87-74(79)57-49-41-33-26-25-30-38-46-54-68(5)6/h66-72,77H,9-65H2,1-8H3,(H,82,83)(H,84,85)/t70?,71-,72-/m1/s1. The number of aliphatic hydroxyl groups excluding tert-OH is 1. The Hall–Kier alpha value is -1.94. The molecule has 17 nitrogen and oxygen atoms in total. The van der Waals surface area contributed by atoms with Gasteiger partial charge in [0.1, 0.15) is 19.3 Å². The van der Waals surface area contributed by atoms with Crippen LogP contribution in [0.2, 0.25) is 0 Å². The lowest BCUT2D eigenvalue weighted by molar-refractivity contribution is -0.161. The molecule has 3 unspecified atom stereocenters. The molecule has 0 aliphatic rings. The monoisotopic (exact) mass is 1400 g/mol. The van der Waals surface area contributed by atoms with Gasteiger partial charge in [0.25, 0.3) is 0 Å². The van der Waals surface area contributed by atoms with E-state index in [-0.39, 0.29) is 25.7 Å². The fourth-order valence-corrected chi connectivity index (χ4v) is 13.1. The van der Waals surface area contributed by atoms with E-state index in [1.807, 2.05) is 0 Å². The van der Waals surface area contributed by atoms with Crippen molar-refractivity contribution in [1.29, 1.82) is 0 Å². The minimum atomic E-state index is -4.96. The van der Waals surface area contributed by atoms with Crippen LogP contribution in [0.25, 0.3) is 0 Å². The minimum Gasteiger partial charge on any atom is -0.462 e. The number of hydrogen-bond acceptors (Lipinski definition) is 15. The second-order valence-electron chi connectivity index (χ2n) is 29.3.